The summed E-state index contributed by atoms with van der Waals surface area (Å²) in [5, 5.41) is 1.27. The number of aryl methyl sites for hydroxylation is 1. The van der Waals surface area contributed by atoms with Gasteiger partial charge in [0.1, 0.15) is 0 Å². The van der Waals surface area contributed by atoms with Gasteiger partial charge in [-0.3, -0.25) is 5.01 Å². The van der Waals surface area contributed by atoms with Crippen molar-refractivity contribution in [3.8, 4) is 16.8 Å². The predicted molar refractivity (Wildman–Crippen MR) is 137 cm³/mol. The van der Waals surface area contributed by atoms with E-state index in [2.05, 4.69) is 4.98 Å². The molecule has 0 aliphatic rings. The second-order valence-corrected chi connectivity index (χ2v) is 10.5. The van der Waals surface area contributed by atoms with Gasteiger partial charge in [0.05, 0.1) is 28.3 Å². The molecule has 0 saturated heterocycles. The minimum Gasteiger partial charge on any atom is -0.403 e. The molecule has 1 heterocycles. The number of alkyl halides is 3. The second-order valence-electron chi connectivity index (χ2n) is 8.46. The van der Waals surface area contributed by atoms with Crippen LogP contribution in [-0.4, -0.2) is 24.2 Å². The normalized spacial score (nSPS) is 12.5. The maximum absolute atomic E-state index is 13.2. The van der Waals surface area contributed by atoms with Gasteiger partial charge in [-0.25, -0.2) is 19.2 Å². The van der Waals surface area contributed by atoms with E-state index >= 15 is 0 Å². The Morgan fingerprint density at radius 3 is 2.30 bits per heavy atom. The van der Waals surface area contributed by atoms with Crippen molar-refractivity contribution >= 4 is 21.2 Å². The van der Waals surface area contributed by atoms with Crippen molar-refractivity contribution in [2.45, 2.75) is 18.0 Å². The van der Waals surface area contributed by atoms with E-state index in [0.29, 0.717) is 33.8 Å². The van der Waals surface area contributed by atoms with Crippen LogP contribution < -0.4 is 16.6 Å². The Morgan fingerprint density at radius 1 is 1.03 bits per heavy atom. The lowest BCUT2D eigenvalue weighted by molar-refractivity contribution is -0.140. The molecule has 1 aromatic heterocycles. The molecule has 0 unspecified atom stereocenters. The van der Waals surface area contributed by atoms with Gasteiger partial charge in [-0.1, -0.05) is 48.0 Å². The highest BCUT2D eigenvalue weighted by Crippen LogP contribution is 2.35. The zero-order chi connectivity index (χ0) is 27.0. The highest BCUT2D eigenvalue weighted by Gasteiger charge is 2.34. The Kier molecular flexibility index (Phi) is 6.85. The zero-order valence-electron chi connectivity index (χ0n) is 19.9. The summed E-state index contributed by atoms with van der Waals surface area (Å²) in [7, 11) is -3.46. The second kappa shape index (κ2) is 9.75. The number of benzene rings is 3. The van der Waals surface area contributed by atoms with Crippen molar-refractivity contribution < 1.29 is 21.6 Å². The molecule has 192 valence electrons. The van der Waals surface area contributed by atoms with E-state index in [-0.39, 0.29) is 4.90 Å². The minimum atomic E-state index is -4.62. The summed E-state index contributed by atoms with van der Waals surface area (Å²) >= 11 is 0. The van der Waals surface area contributed by atoms with Crippen LogP contribution in [0.5, 0.6) is 0 Å². The van der Waals surface area contributed by atoms with Crippen molar-refractivity contribution in [2.24, 2.45) is 11.6 Å². The first kappa shape index (κ1) is 26.0. The van der Waals surface area contributed by atoms with Crippen LogP contribution in [0.4, 0.5) is 18.9 Å². The lowest BCUT2D eigenvalue weighted by Gasteiger charge is -2.25. The molecule has 0 aliphatic heterocycles. The van der Waals surface area contributed by atoms with Crippen LogP contribution in [0.1, 0.15) is 16.8 Å². The van der Waals surface area contributed by atoms with Crippen LogP contribution in [0, 0.1) is 6.92 Å². The van der Waals surface area contributed by atoms with Gasteiger partial charge in [-0.15, -0.1) is 0 Å². The summed E-state index contributed by atoms with van der Waals surface area (Å²) in [6.07, 6.45) is -0.282. The van der Waals surface area contributed by atoms with E-state index in [1.54, 1.807) is 30.3 Å². The molecule has 11 heteroatoms. The van der Waals surface area contributed by atoms with Gasteiger partial charge in [0.25, 0.3) is 0 Å². The lowest BCUT2D eigenvalue weighted by Crippen LogP contribution is -2.30. The Hall–Kier alpha value is -4.09. The van der Waals surface area contributed by atoms with Gasteiger partial charge in [0.2, 0.25) is 0 Å². The van der Waals surface area contributed by atoms with E-state index in [1.165, 1.54) is 27.9 Å². The molecule has 0 saturated carbocycles. The maximum atomic E-state index is 13.2. The first-order chi connectivity index (χ1) is 17.4. The molecular formula is C26H24F3N5O2S. The molecule has 0 atom stereocenters. The molecule has 0 spiro atoms. The monoisotopic (exact) mass is 527 g/mol. The first-order valence-corrected chi connectivity index (χ1v) is 12.9. The third kappa shape index (κ3) is 5.52. The number of nitrogens with two attached hydrogens (primary N) is 2. The minimum absolute atomic E-state index is 0.131. The van der Waals surface area contributed by atoms with Gasteiger partial charge in [-0.2, -0.15) is 13.2 Å². The standard InChI is InChI=1S/C26H24F3N5O2S/c1-17-6-8-18(9-7-17)24(14-30)34(31)23-13-20(19-4-3-5-21(12-19)37(2,35)36)10-11-22(23)33-15-25(32-16-33)26(27,28)29/h3-16H,30-31H2,1-2H3/b24-14-. The molecule has 0 amide bonds. The van der Waals surface area contributed by atoms with Crippen molar-refractivity contribution in [3.63, 3.8) is 0 Å². The maximum Gasteiger partial charge on any atom is 0.434 e. The van der Waals surface area contributed by atoms with Crippen LogP contribution in [0.25, 0.3) is 22.5 Å². The quantitative estimate of drug-likeness (QED) is 0.273. The molecular weight excluding hydrogens is 503 g/mol. The van der Waals surface area contributed by atoms with Gasteiger partial charge >= 0.3 is 6.18 Å². The summed E-state index contributed by atoms with van der Waals surface area (Å²) in [6, 6.07) is 18.7. The smallest absolute Gasteiger partial charge is 0.403 e. The average molecular weight is 528 g/mol. The highest BCUT2D eigenvalue weighted by atomic mass is 32.2. The Balaban J connectivity index is 1.89. The lowest BCUT2D eigenvalue weighted by atomic mass is 10.0. The average Bonchev–Trinajstić information content (AvgIpc) is 3.36. The third-order valence-electron chi connectivity index (χ3n) is 5.75. The van der Waals surface area contributed by atoms with Crippen LogP contribution in [0.15, 0.2) is 90.3 Å². The van der Waals surface area contributed by atoms with Crippen molar-refractivity contribution in [1.29, 1.82) is 0 Å². The van der Waals surface area contributed by atoms with Crippen molar-refractivity contribution in [3.05, 3.63) is 102 Å². The Morgan fingerprint density at radius 2 is 1.70 bits per heavy atom. The fourth-order valence-electron chi connectivity index (χ4n) is 3.79. The zero-order valence-corrected chi connectivity index (χ0v) is 20.8. The van der Waals surface area contributed by atoms with E-state index < -0.39 is 21.7 Å². The van der Waals surface area contributed by atoms with Crippen molar-refractivity contribution in [2.75, 3.05) is 11.3 Å². The van der Waals surface area contributed by atoms with Gasteiger partial charge in [0, 0.05) is 24.2 Å². The molecule has 37 heavy (non-hydrogen) atoms. The number of sulfone groups is 1. The summed E-state index contributed by atoms with van der Waals surface area (Å²) in [5.41, 5.74) is 8.78. The van der Waals surface area contributed by atoms with Gasteiger partial charge in [0.15, 0.2) is 15.5 Å². The summed E-state index contributed by atoms with van der Waals surface area (Å²) in [6.45, 7) is 1.93. The number of hydrazine groups is 1. The largest absolute Gasteiger partial charge is 0.434 e. The number of anilines is 1. The van der Waals surface area contributed by atoms with E-state index in [9.17, 15) is 21.6 Å². The topological polar surface area (TPSA) is 107 Å². The van der Waals surface area contributed by atoms with Crippen LogP contribution >= 0.6 is 0 Å². The first-order valence-electron chi connectivity index (χ1n) is 11.0. The summed E-state index contributed by atoms with van der Waals surface area (Å²) < 4.78 is 65.1. The van der Waals surface area contributed by atoms with Gasteiger partial charge in [-0.05, 0) is 42.3 Å². The molecule has 3 aromatic carbocycles. The number of imidazole rings is 1. The predicted octanol–water partition coefficient (Wildman–Crippen LogP) is 4.91. The molecule has 7 nitrogen and oxygen atoms in total. The molecule has 4 aromatic rings. The SMILES string of the molecule is Cc1ccc(/C(=C/N)N(N)c2cc(-c3cccc(S(C)(=O)=O)c3)ccc2-n2cnc(C(F)(F)F)c2)cc1. The number of aromatic nitrogens is 2. The van der Waals surface area contributed by atoms with E-state index in [1.807, 2.05) is 31.2 Å². The molecule has 0 fully saturated rings. The number of halogens is 3. The van der Waals surface area contributed by atoms with Crippen LogP contribution in [0.3, 0.4) is 0 Å². The number of nitrogens with zero attached hydrogens (tertiary/aromatic N) is 3. The summed E-state index contributed by atoms with van der Waals surface area (Å²) in [4.78, 5) is 3.62. The highest BCUT2D eigenvalue weighted by molar-refractivity contribution is 7.90. The van der Waals surface area contributed by atoms with Crippen molar-refractivity contribution in [1.82, 2.24) is 9.55 Å². The fourth-order valence-corrected chi connectivity index (χ4v) is 4.46. The molecule has 0 bridgehead atoms. The Labute approximate surface area is 212 Å². The van der Waals surface area contributed by atoms with E-state index in [0.717, 1.165) is 24.3 Å². The molecule has 4 rings (SSSR count). The van der Waals surface area contributed by atoms with Crippen LogP contribution in [0.2, 0.25) is 0 Å². The molecule has 4 N–H and O–H groups in total. The fraction of sp³-hybridized carbons (Fsp3) is 0.115. The number of hydrogen-bond acceptors (Lipinski definition) is 6. The van der Waals surface area contributed by atoms with E-state index in [4.69, 9.17) is 11.6 Å². The third-order valence-corrected chi connectivity index (χ3v) is 6.86. The number of rotatable bonds is 6. The Bertz CT molecular complexity index is 1580. The molecule has 0 radical (unpaired) electrons. The summed E-state index contributed by atoms with van der Waals surface area (Å²) in [5.74, 6) is 6.53. The molecule has 0 aliphatic carbocycles. The number of hydrogen-bond donors (Lipinski definition) is 2. The van der Waals surface area contributed by atoms with Gasteiger partial charge < -0.3 is 10.3 Å². The van der Waals surface area contributed by atoms with Crippen LogP contribution in [-0.2, 0) is 16.0 Å².